The first-order valence-corrected chi connectivity index (χ1v) is 6.46. The first-order chi connectivity index (χ1) is 8.10. The molecule has 0 saturated heterocycles. The molecule has 0 bridgehead atoms. The Morgan fingerprint density at radius 2 is 2.00 bits per heavy atom. The van der Waals surface area contributed by atoms with Gasteiger partial charge in [-0.25, -0.2) is 0 Å². The third-order valence-corrected chi connectivity index (χ3v) is 3.67. The summed E-state index contributed by atoms with van der Waals surface area (Å²) in [6, 6.07) is 6.63. The van der Waals surface area contributed by atoms with Gasteiger partial charge in [0.05, 0.1) is 0 Å². The quantitative estimate of drug-likeness (QED) is 0.816. The van der Waals surface area contributed by atoms with Gasteiger partial charge in [-0.15, -0.1) is 0 Å². The largest absolute Gasteiger partial charge is 0.492 e. The van der Waals surface area contributed by atoms with Crippen molar-refractivity contribution < 1.29 is 4.74 Å². The van der Waals surface area contributed by atoms with Gasteiger partial charge in [0.1, 0.15) is 12.4 Å². The maximum absolute atomic E-state index is 5.93. The van der Waals surface area contributed by atoms with Crippen LogP contribution in [-0.4, -0.2) is 19.7 Å². The van der Waals surface area contributed by atoms with Crippen LogP contribution in [0.5, 0.6) is 5.75 Å². The smallest absolute Gasteiger partial charge is 0.122 e. The average molecular weight is 235 g/mol. The highest BCUT2D eigenvalue weighted by Gasteiger charge is 2.14. The van der Waals surface area contributed by atoms with E-state index in [4.69, 9.17) is 4.74 Å². The maximum Gasteiger partial charge on any atom is 0.122 e. The first-order valence-electron chi connectivity index (χ1n) is 6.46. The van der Waals surface area contributed by atoms with Crippen molar-refractivity contribution in [2.24, 2.45) is 5.92 Å². The molecule has 0 aromatic heterocycles. The second-order valence-electron chi connectivity index (χ2n) is 4.79. The second kappa shape index (κ2) is 6.65. The molecule has 0 radical (unpaired) electrons. The Morgan fingerprint density at radius 1 is 1.29 bits per heavy atom. The predicted molar refractivity (Wildman–Crippen MR) is 73.7 cm³/mol. The van der Waals surface area contributed by atoms with Gasteiger partial charge in [-0.05, 0) is 44.0 Å². The standard InChI is InChI=1S/C15H25NO/c1-6-11(2)14(16-5)10-17-15-9-7-8-12(3)13(15)4/h7-9,11,14,16H,6,10H2,1-5H3. The Labute approximate surface area is 105 Å². The molecule has 0 aliphatic rings. The Kier molecular flexibility index (Phi) is 5.49. The Balaban J connectivity index is 2.63. The van der Waals surface area contributed by atoms with E-state index in [2.05, 4.69) is 45.1 Å². The highest BCUT2D eigenvalue weighted by atomic mass is 16.5. The molecule has 1 N–H and O–H groups in total. The molecule has 0 heterocycles. The fraction of sp³-hybridized carbons (Fsp3) is 0.600. The first kappa shape index (κ1) is 14.0. The van der Waals surface area contributed by atoms with Crippen molar-refractivity contribution in [2.75, 3.05) is 13.7 Å². The lowest BCUT2D eigenvalue weighted by molar-refractivity contribution is 0.227. The summed E-state index contributed by atoms with van der Waals surface area (Å²) in [4.78, 5) is 0. The van der Waals surface area contributed by atoms with E-state index in [0.717, 1.165) is 12.4 Å². The molecule has 0 aliphatic carbocycles. The van der Waals surface area contributed by atoms with Crippen molar-refractivity contribution in [3.8, 4) is 5.75 Å². The van der Waals surface area contributed by atoms with Gasteiger partial charge < -0.3 is 10.1 Å². The molecule has 0 saturated carbocycles. The predicted octanol–water partition coefficient (Wildman–Crippen LogP) is 3.32. The molecule has 2 nitrogen and oxygen atoms in total. The second-order valence-corrected chi connectivity index (χ2v) is 4.79. The lowest BCUT2D eigenvalue weighted by Crippen LogP contribution is -2.37. The fourth-order valence-corrected chi connectivity index (χ4v) is 1.88. The van der Waals surface area contributed by atoms with E-state index >= 15 is 0 Å². The number of nitrogens with one attached hydrogen (secondary N) is 1. The van der Waals surface area contributed by atoms with E-state index < -0.39 is 0 Å². The van der Waals surface area contributed by atoms with Gasteiger partial charge in [-0.1, -0.05) is 32.4 Å². The number of benzene rings is 1. The summed E-state index contributed by atoms with van der Waals surface area (Å²) >= 11 is 0. The third kappa shape index (κ3) is 3.74. The Hall–Kier alpha value is -1.02. The highest BCUT2D eigenvalue weighted by molar-refractivity contribution is 5.38. The summed E-state index contributed by atoms with van der Waals surface area (Å²) in [6.07, 6.45) is 1.17. The Morgan fingerprint density at radius 3 is 2.59 bits per heavy atom. The minimum Gasteiger partial charge on any atom is -0.492 e. The molecule has 0 fully saturated rings. The van der Waals surface area contributed by atoms with E-state index in [1.165, 1.54) is 17.5 Å². The van der Waals surface area contributed by atoms with Crippen LogP contribution in [0.2, 0.25) is 0 Å². The van der Waals surface area contributed by atoms with Crippen LogP contribution in [0.15, 0.2) is 18.2 Å². The van der Waals surface area contributed by atoms with Crippen molar-refractivity contribution in [3.05, 3.63) is 29.3 Å². The van der Waals surface area contributed by atoms with Gasteiger partial charge in [-0.3, -0.25) is 0 Å². The number of hydrogen-bond acceptors (Lipinski definition) is 2. The van der Waals surface area contributed by atoms with Crippen LogP contribution in [0.1, 0.15) is 31.4 Å². The third-order valence-electron chi connectivity index (χ3n) is 3.67. The minimum absolute atomic E-state index is 0.417. The van der Waals surface area contributed by atoms with E-state index in [1.807, 2.05) is 13.1 Å². The summed E-state index contributed by atoms with van der Waals surface area (Å²) in [5.41, 5.74) is 2.53. The lowest BCUT2D eigenvalue weighted by Gasteiger charge is -2.23. The number of likely N-dealkylation sites (N-methyl/N-ethyl adjacent to an activating group) is 1. The van der Waals surface area contributed by atoms with Gasteiger partial charge >= 0.3 is 0 Å². The summed E-state index contributed by atoms with van der Waals surface area (Å²) in [5.74, 6) is 1.64. The van der Waals surface area contributed by atoms with Gasteiger partial charge in [0.25, 0.3) is 0 Å². The van der Waals surface area contributed by atoms with E-state index in [0.29, 0.717) is 12.0 Å². The molecule has 0 aliphatic heterocycles. The SMILES string of the molecule is CCC(C)C(COc1cccc(C)c1C)NC. The lowest BCUT2D eigenvalue weighted by atomic mass is 10.0. The summed E-state index contributed by atoms with van der Waals surface area (Å²) in [5, 5.41) is 3.33. The fourth-order valence-electron chi connectivity index (χ4n) is 1.88. The summed E-state index contributed by atoms with van der Waals surface area (Å²) in [7, 11) is 2.00. The van der Waals surface area contributed by atoms with Gasteiger partial charge in [0.15, 0.2) is 0 Å². The van der Waals surface area contributed by atoms with Crippen LogP contribution in [0.25, 0.3) is 0 Å². The van der Waals surface area contributed by atoms with Crippen LogP contribution in [0.3, 0.4) is 0 Å². The molecule has 2 atom stereocenters. The zero-order valence-corrected chi connectivity index (χ0v) is 11.7. The van der Waals surface area contributed by atoms with Gasteiger partial charge in [0.2, 0.25) is 0 Å². The van der Waals surface area contributed by atoms with Crippen molar-refractivity contribution >= 4 is 0 Å². The van der Waals surface area contributed by atoms with Crippen LogP contribution >= 0.6 is 0 Å². The van der Waals surface area contributed by atoms with Crippen LogP contribution in [0.4, 0.5) is 0 Å². The van der Waals surface area contributed by atoms with E-state index in [-0.39, 0.29) is 0 Å². The minimum atomic E-state index is 0.417. The van der Waals surface area contributed by atoms with Crippen LogP contribution in [0, 0.1) is 19.8 Å². The monoisotopic (exact) mass is 235 g/mol. The zero-order valence-electron chi connectivity index (χ0n) is 11.7. The molecule has 17 heavy (non-hydrogen) atoms. The highest BCUT2D eigenvalue weighted by Crippen LogP contribution is 2.21. The normalized spacial score (nSPS) is 14.4. The molecule has 96 valence electrons. The molecular weight excluding hydrogens is 210 g/mol. The average Bonchev–Trinajstić information content (AvgIpc) is 2.34. The van der Waals surface area contributed by atoms with E-state index in [1.54, 1.807) is 0 Å². The van der Waals surface area contributed by atoms with Gasteiger partial charge in [0, 0.05) is 6.04 Å². The van der Waals surface area contributed by atoms with Crippen molar-refractivity contribution in [2.45, 2.75) is 40.2 Å². The van der Waals surface area contributed by atoms with Crippen LogP contribution in [-0.2, 0) is 0 Å². The molecule has 0 amide bonds. The van der Waals surface area contributed by atoms with Crippen molar-refractivity contribution in [1.82, 2.24) is 5.32 Å². The molecular formula is C15H25NO. The molecule has 1 aromatic carbocycles. The Bertz CT molecular complexity index is 349. The van der Waals surface area contributed by atoms with Crippen LogP contribution < -0.4 is 10.1 Å². The summed E-state index contributed by atoms with van der Waals surface area (Å²) < 4.78 is 5.93. The summed E-state index contributed by atoms with van der Waals surface area (Å²) in [6.45, 7) is 9.44. The van der Waals surface area contributed by atoms with Crippen molar-refractivity contribution in [3.63, 3.8) is 0 Å². The van der Waals surface area contributed by atoms with Gasteiger partial charge in [-0.2, -0.15) is 0 Å². The molecule has 2 heteroatoms. The van der Waals surface area contributed by atoms with E-state index in [9.17, 15) is 0 Å². The molecule has 1 aromatic rings. The number of hydrogen-bond donors (Lipinski definition) is 1. The number of ether oxygens (including phenoxy) is 1. The molecule has 2 unspecified atom stereocenters. The topological polar surface area (TPSA) is 21.3 Å². The molecule has 1 rings (SSSR count). The van der Waals surface area contributed by atoms with Crippen molar-refractivity contribution in [1.29, 1.82) is 0 Å². The number of aryl methyl sites for hydroxylation is 1. The zero-order chi connectivity index (χ0) is 12.8. The number of rotatable bonds is 6. The maximum atomic E-state index is 5.93. The molecule has 0 spiro atoms.